The minimum absolute atomic E-state index is 0.486. The van der Waals surface area contributed by atoms with Crippen molar-refractivity contribution >= 4 is 0 Å². The first-order valence-electron chi connectivity index (χ1n) is 8.27. The van der Waals surface area contributed by atoms with Crippen LogP contribution in [0, 0.1) is 0 Å². The van der Waals surface area contributed by atoms with Crippen LogP contribution in [0.5, 0.6) is 5.75 Å². The maximum atomic E-state index is 5.81. The summed E-state index contributed by atoms with van der Waals surface area (Å²) in [6.07, 6.45) is 3.29. The number of aryl methyl sites for hydroxylation is 1. The number of rotatable bonds is 9. The molecule has 0 unspecified atom stereocenters. The van der Waals surface area contributed by atoms with Gasteiger partial charge in [-0.25, -0.2) is 0 Å². The highest BCUT2D eigenvalue weighted by molar-refractivity contribution is 5.33. The van der Waals surface area contributed by atoms with Gasteiger partial charge in [0.15, 0.2) is 0 Å². The second-order valence-corrected chi connectivity index (χ2v) is 5.76. The highest BCUT2D eigenvalue weighted by Gasteiger charge is 2.06. The van der Waals surface area contributed by atoms with Crippen LogP contribution in [-0.4, -0.2) is 12.6 Å². The molecule has 0 fully saturated rings. The lowest BCUT2D eigenvalue weighted by Crippen LogP contribution is -2.26. The van der Waals surface area contributed by atoms with Crippen LogP contribution in [0.3, 0.4) is 0 Å². The van der Waals surface area contributed by atoms with E-state index in [0.29, 0.717) is 6.04 Å². The summed E-state index contributed by atoms with van der Waals surface area (Å²) in [5.41, 5.74) is 2.64. The van der Waals surface area contributed by atoms with E-state index in [1.54, 1.807) is 0 Å². The van der Waals surface area contributed by atoms with Crippen molar-refractivity contribution in [2.75, 3.05) is 6.61 Å². The van der Waals surface area contributed by atoms with Gasteiger partial charge in [-0.05, 0) is 37.8 Å². The van der Waals surface area contributed by atoms with Gasteiger partial charge in [0.2, 0.25) is 0 Å². The number of benzene rings is 2. The Bertz CT molecular complexity index is 538. The second-order valence-electron chi connectivity index (χ2n) is 5.76. The van der Waals surface area contributed by atoms with E-state index < -0.39 is 0 Å². The number of hydrogen-bond donors (Lipinski definition) is 1. The average Bonchev–Trinajstić information content (AvgIpc) is 2.58. The molecule has 0 saturated carbocycles. The molecule has 0 amide bonds. The van der Waals surface area contributed by atoms with Gasteiger partial charge in [0.05, 0.1) is 6.61 Å². The van der Waals surface area contributed by atoms with Crippen LogP contribution in [-0.2, 0) is 13.0 Å². The van der Waals surface area contributed by atoms with Gasteiger partial charge in [-0.1, -0.05) is 55.5 Å². The lowest BCUT2D eigenvalue weighted by atomic mass is 10.1. The van der Waals surface area contributed by atoms with Gasteiger partial charge in [0.1, 0.15) is 5.75 Å². The fourth-order valence-electron chi connectivity index (χ4n) is 2.42. The third-order valence-electron chi connectivity index (χ3n) is 3.78. The molecule has 0 aromatic heterocycles. The van der Waals surface area contributed by atoms with Gasteiger partial charge < -0.3 is 10.1 Å². The van der Waals surface area contributed by atoms with Gasteiger partial charge in [0.25, 0.3) is 0 Å². The van der Waals surface area contributed by atoms with Crippen molar-refractivity contribution in [3.63, 3.8) is 0 Å². The summed E-state index contributed by atoms with van der Waals surface area (Å²) < 4.78 is 5.81. The summed E-state index contributed by atoms with van der Waals surface area (Å²) in [5.74, 6) is 1.01. The average molecular weight is 297 g/mol. The number of nitrogens with one attached hydrogen (secondary N) is 1. The van der Waals surface area contributed by atoms with Crippen molar-refractivity contribution in [2.24, 2.45) is 0 Å². The molecule has 0 saturated heterocycles. The minimum atomic E-state index is 0.486. The first-order valence-corrected chi connectivity index (χ1v) is 8.27. The van der Waals surface area contributed by atoms with Crippen molar-refractivity contribution in [3.8, 4) is 5.75 Å². The van der Waals surface area contributed by atoms with Gasteiger partial charge >= 0.3 is 0 Å². The molecule has 2 rings (SSSR count). The Morgan fingerprint density at radius 1 is 1.00 bits per heavy atom. The zero-order valence-electron chi connectivity index (χ0n) is 13.7. The molecule has 2 aromatic carbocycles. The molecular formula is C20H27NO. The molecule has 0 spiro atoms. The van der Waals surface area contributed by atoms with Gasteiger partial charge in [0, 0.05) is 18.2 Å². The van der Waals surface area contributed by atoms with E-state index >= 15 is 0 Å². The molecule has 118 valence electrons. The summed E-state index contributed by atoms with van der Waals surface area (Å²) in [4.78, 5) is 0. The fourth-order valence-corrected chi connectivity index (χ4v) is 2.42. The molecule has 0 aliphatic rings. The van der Waals surface area contributed by atoms with Crippen LogP contribution in [0.25, 0.3) is 0 Å². The van der Waals surface area contributed by atoms with Crippen LogP contribution in [0.15, 0.2) is 54.6 Å². The number of hydrogen-bond acceptors (Lipinski definition) is 2. The zero-order chi connectivity index (χ0) is 15.6. The standard InChI is InChI=1S/C20H27NO/c1-3-15-22-20-12-8-7-11-19(20)16-21-17(2)13-14-18-9-5-4-6-10-18/h4-12,17,21H,3,13-16H2,1-2H3/t17-/m0/s1. The van der Waals surface area contributed by atoms with E-state index in [-0.39, 0.29) is 0 Å². The molecule has 1 N–H and O–H groups in total. The Morgan fingerprint density at radius 3 is 2.50 bits per heavy atom. The van der Waals surface area contributed by atoms with Crippen LogP contribution in [0.4, 0.5) is 0 Å². The minimum Gasteiger partial charge on any atom is -0.493 e. The topological polar surface area (TPSA) is 21.3 Å². The molecule has 0 radical (unpaired) electrons. The molecule has 0 aliphatic heterocycles. The van der Waals surface area contributed by atoms with Crippen LogP contribution in [0.2, 0.25) is 0 Å². The van der Waals surface area contributed by atoms with Crippen molar-refractivity contribution in [2.45, 2.75) is 45.7 Å². The number of para-hydroxylation sites is 1. The Kier molecular flexibility index (Phi) is 6.98. The molecule has 2 nitrogen and oxygen atoms in total. The third kappa shape index (κ3) is 5.53. The van der Waals surface area contributed by atoms with Crippen molar-refractivity contribution in [1.82, 2.24) is 5.32 Å². The SMILES string of the molecule is CCCOc1ccccc1CN[C@@H](C)CCc1ccccc1. The van der Waals surface area contributed by atoms with Crippen molar-refractivity contribution in [1.29, 1.82) is 0 Å². The highest BCUT2D eigenvalue weighted by atomic mass is 16.5. The lowest BCUT2D eigenvalue weighted by molar-refractivity contribution is 0.312. The lowest BCUT2D eigenvalue weighted by Gasteiger charge is -2.16. The summed E-state index contributed by atoms with van der Waals surface area (Å²) in [7, 11) is 0. The molecule has 2 heteroatoms. The van der Waals surface area contributed by atoms with Crippen molar-refractivity contribution in [3.05, 3.63) is 65.7 Å². The Morgan fingerprint density at radius 2 is 1.73 bits per heavy atom. The van der Waals surface area contributed by atoms with E-state index in [1.807, 2.05) is 6.07 Å². The number of ether oxygens (including phenoxy) is 1. The Hall–Kier alpha value is -1.80. The van der Waals surface area contributed by atoms with Gasteiger partial charge in [-0.3, -0.25) is 0 Å². The van der Waals surface area contributed by atoms with E-state index in [0.717, 1.165) is 38.2 Å². The van der Waals surface area contributed by atoms with Gasteiger partial charge in [-0.2, -0.15) is 0 Å². The summed E-state index contributed by atoms with van der Waals surface area (Å²) >= 11 is 0. The second kappa shape index (κ2) is 9.26. The third-order valence-corrected chi connectivity index (χ3v) is 3.78. The fraction of sp³-hybridized carbons (Fsp3) is 0.400. The molecule has 0 aliphatic carbocycles. The van der Waals surface area contributed by atoms with E-state index in [2.05, 4.69) is 67.7 Å². The highest BCUT2D eigenvalue weighted by Crippen LogP contribution is 2.18. The van der Waals surface area contributed by atoms with E-state index in [1.165, 1.54) is 11.1 Å². The molecule has 2 aromatic rings. The van der Waals surface area contributed by atoms with E-state index in [4.69, 9.17) is 4.74 Å². The maximum absolute atomic E-state index is 5.81. The van der Waals surface area contributed by atoms with Crippen molar-refractivity contribution < 1.29 is 4.74 Å². The Balaban J connectivity index is 1.79. The monoisotopic (exact) mass is 297 g/mol. The first-order chi connectivity index (χ1) is 10.8. The normalized spacial score (nSPS) is 12.1. The molecule has 22 heavy (non-hydrogen) atoms. The van der Waals surface area contributed by atoms with Gasteiger partial charge in [-0.15, -0.1) is 0 Å². The zero-order valence-corrected chi connectivity index (χ0v) is 13.7. The predicted octanol–water partition coefficient (Wildman–Crippen LogP) is 4.59. The summed E-state index contributed by atoms with van der Waals surface area (Å²) in [6, 6.07) is 19.5. The maximum Gasteiger partial charge on any atom is 0.123 e. The first kappa shape index (κ1) is 16.6. The Labute approximate surface area is 134 Å². The molecule has 1 atom stereocenters. The van der Waals surface area contributed by atoms with Crippen LogP contribution in [0.1, 0.15) is 37.8 Å². The largest absolute Gasteiger partial charge is 0.493 e. The molecular weight excluding hydrogens is 270 g/mol. The quantitative estimate of drug-likeness (QED) is 0.731. The smallest absolute Gasteiger partial charge is 0.123 e. The summed E-state index contributed by atoms with van der Waals surface area (Å²) in [5, 5.41) is 3.61. The van der Waals surface area contributed by atoms with E-state index in [9.17, 15) is 0 Å². The predicted molar refractivity (Wildman–Crippen MR) is 93.3 cm³/mol. The van der Waals surface area contributed by atoms with Crippen LogP contribution < -0.4 is 10.1 Å². The summed E-state index contributed by atoms with van der Waals surface area (Å²) in [6.45, 7) is 6.02. The molecule has 0 heterocycles. The van der Waals surface area contributed by atoms with Crippen LogP contribution >= 0.6 is 0 Å². The molecule has 0 bridgehead atoms.